The van der Waals surface area contributed by atoms with E-state index in [0.717, 1.165) is 40.9 Å². The Kier molecular flexibility index (Phi) is 5.91. The fraction of sp³-hybridized carbons (Fsp3) is 0.278. The van der Waals surface area contributed by atoms with E-state index in [9.17, 15) is 18.4 Å². The summed E-state index contributed by atoms with van der Waals surface area (Å²) in [6.45, 7) is 3.85. The third-order valence-electron chi connectivity index (χ3n) is 3.91. The van der Waals surface area contributed by atoms with E-state index in [4.69, 9.17) is 0 Å². The number of nitrogens with zero attached hydrogens (tertiary/aromatic N) is 2. The maximum atomic E-state index is 13.7. The van der Waals surface area contributed by atoms with Gasteiger partial charge in [-0.25, -0.2) is 13.8 Å². The average Bonchev–Trinajstić information content (AvgIpc) is 3.07. The van der Waals surface area contributed by atoms with Crippen LogP contribution in [0.25, 0.3) is 15.9 Å². The van der Waals surface area contributed by atoms with Crippen molar-refractivity contribution in [3.05, 3.63) is 51.6 Å². The Hall–Kier alpha value is -2.26. The van der Waals surface area contributed by atoms with Crippen molar-refractivity contribution in [3.63, 3.8) is 0 Å². The molecule has 0 fully saturated rings. The SMILES string of the molecule is CC[C@H](C)NC(=O)CSc1nc2ccsc2c(=O)n1-c1cc(F)cc(F)c1. The lowest BCUT2D eigenvalue weighted by molar-refractivity contribution is -0.119. The number of amides is 1. The van der Waals surface area contributed by atoms with Gasteiger partial charge in [-0.3, -0.25) is 14.2 Å². The van der Waals surface area contributed by atoms with Crippen molar-refractivity contribution in [2.75, 3.05) is 5.75 Å². The molecule has 2 heterocycles. The number of fused-ring (bicyclic) bond motifs is 1. The molecule has 0 aliphatic heterocycles. The fourth-order valence-corrected chi connectivity index (χ4v) is 4.02. The van der Waals surface area contributed by atoms with Crippen molar-refractivity contribution < 1.29 is 13.6 Å². The van der Waals surface area contributed by atoms with Crippen LogP contribution in [0.2, 0.25) is 0 Å². The van der Waals surface area contributed by atoms with Crippen molar-refractivity contribution in [2.45, 2.75) is 31.5 Å². The van der Waals surface area contributed by atoms with Crippen molar-refractivity contribution in [1.82, 2.24) is 14.9 Å². The van der Waals surface area contributed by atoms with Gasteiger partial charge >= 0.3 is 0 Å². The molecule has 1 aromatic carbocycles. The molecule has 2 aromatic heterocycles. The van der Waals surface area contributed by atoms with E-state index >= 15 is 0 Å². The predicted octanol–water partition coefficient (Wildman–Crippen LogP) is 3.73. The second-order valence-corrected chi connectivity index (χ2v) is 7.82. The maximum absolute atomic E-state index is 13.7. The maximum Gasteiger partial charge on any atom is 0.276 e. The van der Waals surface area contributed by atoms with Crippen LogP contribution >= 0.6 is 23.1 Å². The van der Waals surface area contributed by atoms with Crippen LogP contribution in [0.5, 0.6) is 0 Å². The minimum Gasteiger partial charge on any atom is -0.353 e. The van der Waals surface area contributed by atoms with Gasteiger partial charge in [0.25, 0.3) is 5.56 Å². The Morgan fingerprint density at radius 1 is 1.33 bits per heavy atom. The second kappa shape index (κ2) is 8.18. The van der Waals surface area contributed by atoms with Crippen LogP contribution in [0.3, 0.4) is 0 Å². The number of thioether (sulfide) groups is 1. The normalized spacial score (nSPS) is 12.3. The molecule has 9 heteroatoms. The molecule has 1 atom stereocenters. The minimum absolute atomic E-state index is 0.0320. The van der Waals surface area contributed by atoms with Crippen molar-refractivity contribution in [2.24, 2.45) is 0 Å². The standard InChI is InChI=1S/C18H17F2N3O2S2/c1-3-10(2)21-15(24)9-27-18-22-14-4-5-26-16(14)17(25)23(18)13-7-11(19)6-12(20)8-13/h4-8,10H,3,9H2,1-2H3,(H,21,24)/t10-/m0/s1. The lowest BCUT2D eigenvalue weighted by Crippen LogP contribution is -2.33. The van der Waals surface area contributed by atoms with Crippen LogP contribution < -0.4 is 10.9 Å². The number of rotatable bonds is 6. The van der Waals surface area contributed by atoms with E-state index in [1.165, 1.54) is 11.3 Å². The van der Waals surface area contributed by atoms with E-state index in [-0.39, 0.29) is 28.5 Å². The van der Waals surface area contributed by atoms with E-state index < -0.39 is 17.2 Å². The van der Waals surface area contributed by atoms with Crippen LogP contribution in [0.15, 0.2) is 39.6 Å². The van der Waals surface area contributed by atoms with Gasteiger partial charge in [-0.2, -0.15) is 0 Å². The summed E-state index contributed by atoms with van der Waals surface area (Å²) in [5.41, 5.74) is 0.0953. The summed E-state index contributed by atoms with van der Waals surface area (Å²) in [6, 6.07) is 4.59. The Balaban J connectivity index is 2.03. The Bertz CT molecular complexity index is 1030. The van der Waals surface area contributed by atoms with Crippen molar-refractivity contribution >= 4 is 39.2 Å². The van der Waals surface area contributed by atoms with Gasteiger partial charge in [0.1, 0.15) is 16.3 Å². The molecule has 1 N–H and O–H groups in total. The molecule has 0 aliphatic carbocycles. The molecule has 1 amide bonds. The summed E-state index contributed by atoms with van der Waals surface area (Å²) < 4.78 is 28.9. The highest BCUT2D eigenvalue weighted by Gasteiger charge is 2.17. The molecule has 0 saturated carbocycles. The molecule has 142 valence electrons. The molecule has 3 rings (SSSR count). The topological polar surface area (TPSA) is 64.0 Å². The summed E-state index contributed by atoms with van der Waals surface area (Å²) in [5, 5.41) is 4.76. The fourth-order valence-electron chi connectivity index (χ4n) is 2.43. The smallest absolute Gasteiger partial charge is 0.276 e. The number of carbonyl (C=O) groups is 1. The van der Waals surface area contributed by atoms with Crippen molar-refractivity contribution in [1.29, 1.82) is 0 Å². The summed E-state index contributed by atoms with van der Waals surface area (Å²) in [4.78, 5) is 29.4. The first-order valence-electron chi connectivity index (χ1n) is 8.28. The highest BCUT2D eigenvalue weighted by atomic mass is 32.2. The molecule has 0 unspecified atom stereocenters. The molecular formula is C18H17F2N3O2S2. The van der Waals surface area contributed by atoms with Crippen LogP contribution in [0.4, 0.5) is 8.78 Å². The van der Waals surface area contributed by atoms with Gasteiger partial charge in [-0.1, -0.05) is 18.7 Å². The van der Waals surface area contributed by atoms with Gasteiger partial charge in [0.15, 0.2) is 5.16 Å². The van der Waals surface area contributed by atoms with Crippen LogP contribution in [-0.2, 0) is 4.79 Å². The monoisotopic (exact) mass is 409 g/mol. The first-order chi connectivity index (χ1) is 12.9. The molecule has 3 aromatic rings. The van der Waals surface area contributed by atoms with Gasteiger partial charge in [-0.15, -0.1) is 11.3 Å². The largest absolute Gasteiger partial charge is 0.353 e. The number of benzene rings is 1. The third kappa shape index (κ3) is 4.36. The van der Waals surface area contributed by atoms with Crippen LogP contribution in [0.1, 0.15) is 20.3 Å². The van der Waals surface area contributed by atoms with Gasteiger partial charge in [0.05, 0.1) is 17.0 Å². The Morgan fingerprint density at radius 2 is 2.04 bits per heavy atom. The van der Waals surface area contributed by atoms with Crippen LogP contribution in [-0.4, -0.2) is 27.3 Å². The van der Waals surface area contributed by atoms with Gasteiger partial charge < -0.3 is 5.32 Å². The third-order valence-corrected chi connectivity index (χ3v) is 5.74. The van der Waals surface area contributed by atoms with Crippen molar-refractivity contribution in [3.8, 4) is 5.69 Å². The molecule has 5 nitrogen and oxygen atoms in total. The average molecular weight is 409 g/mol. The van der Waals surface area contributed by atoms with Crippen LogP contribution in [0, 0.1) is 11.6 Å². The van der Waals surface area contributed by atoms with E-state index in [1.807, 2.05) is 13.8 Å². The zero-order valence-electron chi connectivity index (χ0n) is 14.7. The summed E-state index contributed by atoms with van der Waals surface area (Å²) in [5.74, 6) is -1.77. The lowest BCUT2D eigenvalue weighted by Gasteiger charge is -2.14. The number of thiophene rings is 1. The van der Waals surface area contributed by atoms with Gasteiger partial charge in [-0.05, 0) is 36.9 Å². The highest BCUT2D eigenvalue weighted by molar-refractivity contribution is 7.99. The number of hydrogen-bond donors (Lipinski definition) is 1. The molecule has 0 bridgehead atoms. The summed E-state index contributed by atoms with van der Waals surface area (Å²) >= 11 is 2.25. The zero-order chi connectivity index (χ0) is 19.6. The lowest BCUT2D eigenvalue weighted by atomic mass is 10.3. The first-order valence-corrected chi connectivity index (χ1v) is 10.1. The quantitative estimate of drug-likeness (QED) is 0.498. The number of hydrogen-bond acceptors (Lipinski definition) is 5. The molecular weight excluding hydrogens is 392 g/mol. The molecule has 0 radical (unpaired) electrons. The first kappa shape index (κ1) is 19.5. The number of halogens is 2. The molecule has 0 saturated heterocycles. The highest BCUT2D eigenvalue weighted by Crippen LogP contribution is 2.24. The zero-order valence-corrected chi connectivity index (χ0v) is 16.3. The predicted molar refractivity (Wildman–Crippen MR) is 104 cm³/mol. The second-order valence-electron chi connectivity index (χ2n) is 5.96. The van der Waals surface area contributed by atoms with E-state index in [1.54, 1.807) is 11.4 Å². The van der Waals surface area contributed by atoms with E-state index in [2.05, 4.69) is 10.3 Å². The molecule has 27 heavy (non-hydrogen) atoms. The summed E-state index contributed by atoms with van der Waals surface area (Å²) in [7, 11) is 0. The van der Waals surface area contributed by atoms with E-state index in [0.29, 0.717) is 10.2 Å². The number of carbonyl (C=O) groups excluding carboxylic acids is 1. The Morgan fingerprint density at radius 3 is 2.70 bits per heavy atom. The number of aromatic nitrogens is 2. The number of nitrogens with one attached hydrogen (secondary N) is 1. The summed E-state index contributed by atoms with van der Waals surface area (Å²) in [6.07, 6.45) is 0.794. The van der Waals surface area contributed by atoms with Gasteiger partial charge in [0, 0.05) is 12.1 Å². The Labute approximate surface area is 162 Å². The minimum atomic E-state index is -0.798. The molecule has 0 aliphatic rings. The van der Waals surface area contributed by atoms with Gasteiger partial charge in [0.2, 0.25) is 5.91 Å². The molecule has 0 spiro atoms.